The normalized spacial score (nSPS) is 10.8. The first-order chi connectivity index (χ1) is 13.0. The van der Waals surface area contributed by atoms with Gasteiger partial charge in [-0.1, -0.05) is 12.1 Å². The van der Waals surface area contributed by atoms with Crippen LogP contribution in [0.3, 0.4) is 0 Å². The summed E-state index contributed by atoms with van der Waals surface area (Å²) in [5.74, 6) is 1.40. The van der Waals surface area contributed by atoms with Crippen molar-refractivity contribution in [1.29, 1.82) is 0 Å². The number of aryl methyl sites for hydroxylation is 1. The van der Waals surface area contributed by atoms with Crippen LogP contribution in [-0.4, -0.2) is 56.0 Å². The number of carbonyl (C=O) groups excluding carboxylic acids is 1. The van der Waals surface area contributed by atoms with Crippen LogP contribution < -0.4 is 15.4 Å². The second-order valence-corrected chi connectivity index (χ2v) is 7.52. The first-order valence-electron chi connectivity index (χ1n) is 8.74. The van der Waals surface area contributed by atoms with Crippen LogP contribution in [0, 0.1) is 6.92 Å². The number of guanidine groups is 1. The molecule has 0 unspecified atom stereocenters. The number of benzene rings is 1. The Morgan fingerprint density at radius 2 is 1.96 bits per heavy atom. The topological polar surface area (TPSA) is 78.8 Å². The molecule has 28 heavy (non-hydrogen) atoms. The molecular weight excluding hydrogens is 489 g/mol. The Labute approximate surface area is 187 Å². The Hall–Kier alpha value is -1.88. The maximum Gasteiger partial charge on any atom is 0.243 e. The first kappa shape index (κ1) is 24.2. The molecule has 0 spiro atoms. The Morgan fingerprint density at radius 1 is 1.25 bits per heavy atom. The van der Waals surface area contributed by atoms with Crippen molar-refractivity contribution in [2.24, 2.45) is 4.99 Å². The number of methoxy groups -OCH3 is 1. The molecule has 1 aromatic carbocycles. The van der Waals surface area contributed by atoms with Gasteiger partial charge in [-0.15, -0.1) is 35.3 Å². The van der Waals surface area contributed by atoms with Crippen molar-refractivity contribution in [3.05, 3.63) is 45.9 Å². The molecule has 0 aliphatic rings. The lowest BCUT2D eigenvalue weighted by molar-refractivity contribution is -0.127. The largest absolute Gasteiger partial charge is 0.497 e. The molecule has 0 aliphatic carbocycles. The summed E-state index contributed by atoms with van der Waals surface area (Å²) >= 11 is 1.64. The van der Waals surface area contributed by atoms with Gasteiger partial charge in [-0.2, -0.15) is 0 Å². The number of hydrogen-bond donors (Lipinski definition) is 2. The lowest BCUT2D eigenvalue weighted by Gasteiger charge is -2.13. The second-order valence-electron chi connectivity index (χ2n) is 6.20. The quantitative estimate of drug-likeness (QED) is 0.320. The molecule has 0 fully saturated rings. The monoisotopic (exact) mass is 517 g/mol. The van der Waals surface area contributed by atoms with Gasteiger partial charge in [0.25, 0.3) is 0 Å². The molecule has 2 N–H and O–H groups in total. The molecule has 0 aliphatic heterocycles. The highest BCUT2D eigenvalue weighted by molar-refractivity contribution is 14.0. The molecule has 0 saturated heterocycles. The van der Waals surface area contributed by atoms with Gasteiger partial charge in [-0.05, 0) is 31.0 Å². The Bertz CT molecular complexity index is 762. The maximum atomic E-state index is 11.8. The van der Waals surface area contributed by atoms with E-state index in [0.717, 1.165) is 17.2 Å². The number of rotatable bonds is 8. The van der Waals surface area contributed by atoms with Gasteiger partial charge in [-0.25, -0.2) is 9.98 Å². The van der Waals surface area contributed by atoms with Crippen molar-refractivity contribution in [3.63, 3.8) is 0 Å². The Kier molecular flexibility index (Phi) is 10.8. The zero-order valence-electron chi connectivity index (χ0n) is 16.7. The van der Waals surface area contributed by atoms with E-state index in [9.17, 15) is 4.79 Å². The van der Waals surface area contributed by atoms with Gasteiger partial charge in [0, 0.05) is 31.7 Å². The van der Waals surface area contributed by atoms with Crippen LogP contribution in [-0.2, 0) is 17.8 Å². The smallest absolute Gasteiger partial charge is 0.243 e. The van der Waals surface area contributed by atoms with Crippen LogP contribution >= 0.6 is 35.3 Å². The molecular formula is C19H28IN5O2S. The third-order valence-corrected chi connectivity index (χ3v) is 4.73. The molecule has 1 aromatic heterocycles. The van der Waals surface area contributed by atoms with E-state index >= 15 is 0 Å². The lowest BCUT2D eigenvalue weighted by atomic mass is 10.1. The van der Waals surface area contributed by atoms with E-state index in [-0.39, 0.29) is 36.4 Å². The summed E-state index contributed by atoms with van der Waals surface area (Å²) in [5.41, 5.74) is 1.20. The van der Waals surface area contributed by atoms with Crippen LogP contribution in [0.15, 0.2) is 35.5 Å². The molecule has 2 rings (SSSR count). The standard InChI is InChI=1S/C19H27N5O2S.HI/c1-14-11-21-17(27-14)12-22-19(23-13-18(25)24(2)3)20-10-9-15-5-7-16(26-4)8-6-15;/h5-8,11H,9-10,12-13H2,1-4H3,(H2,20,22,23);1H. The molecule has 0 bridgehead atoms. The van der Waals surface area contributed by atoms with E-state index < -0.39 is 0 Å². The number of amides is 1. The molecule has 154 valence electrons. The number of aromatic nitrogens is 1. The van der Waals surface area contributed by atoms with Crippen molar-refractivity contribution in [2.75, 3.05) is 34.3 Å². The average Bonchev–Trinajstić information content (AvgIpc) is 3.08. The van der Waals surface area contributed by atoms with E-state index in [0.29, 0.717) is 19.0 Å². The number of nitrogens with one attached hydrogen (secondary N) is 2. The number of likely N-dealkylation sites (N-methyl/N-ethyl adjacent to an activating group) is 1. The number of thiazole rings is 1. The maximum absolute atomic E-state index is 11.8. The van der Waals surface area contributed by atoms with Crippen molar-refractivity contribution in [1.82, 2.24) is 20.5 Å². The minimum absolute atomic E-state index is 0. The minimum atomic E-state index is -0.0450. The number of nitrogens with zero attached hydrogens (tertiary/aromatic N) is 3. The number of hydrogen-bond acceptors (Lipinski definition) is 5. The minimum Gasteiger partial charge on any atom is -0.497 e. The number of aliphatic imine (C=N–C) groups is 1. The molecule has 7 nitrogen and oxygen atoms in total. The molecule has 0 saturated carbocycles. The van der Waals surface area contributed by atoms with E-state index in [1.54, 1.807) is 32.5 Å². The third kappa shape index (κ3) is 8.42. The predicted molar refractivity (Wildman–Crippen MR) is 125 cm³/mol. The van der Waals surface area contributed by atoms with Crippen LogP contribution in [0.5, 0.6) is 5.75 Å². The fraction of sp³-hybridized carbons (Fsp3) is 0.421. The predicted octanol–water partition coefficient (Wildman–Crippen LogP) is 2.44. The fourth-order valence-corrected chi connectivity index (χ4v) is 2.95. The van der Waals surface area contributed by atoms with Gasteiger partial charge in [0.2, 0.25) is 5.91 Å². The summed E-state index contributed by atoms with van der Waals surface area (Å²) in [6.07, 6.45) is 2.69. The molecule has 1 heterocycles. The van der Waals surface area contributed by atoms with Gasteiger partial charge in [0.1, 0.15) is 17.3 Å². The van der Waals surface area contributed by atoms with Gasteiger partial charge in [0.15, 0.2) is 5.96 Å². The van der Waals surface area contributed by atoms with Gasteiger partial charge in [-0.3, -0.25) is 4.79 Å². The summed E-state index contributed by atoms with van der Waals surface area (Å²) in [7, 11) is 5.10. The molecule has 2 aromatic rings. The van der Waals surface area contributed by atoms with E-state index in [1.165, 1.54) is 15.3 Å². The summed E-state index contributed by atoms with van der Waals surface area (Å²) < 4.78 is 5.18. The van der Waals surface area contributed by atoms with Crippen molar-refractivity contribution in [3.8, 4) is 5.75 Å². The Balaban J connectivity index is 0.00000392. The van der Waals surface area contributed by atoms with Gasteiger partial charge < -0.3 is 20.3 Å². The van der Waals surface area contributed by atoms with Crippen LogP contribution in [0.2, 0.25) is 0 Å². The van der Waals surface area contributed by atoms with Crippen molar-refractivity contribution >= 4 is 47.2 Å². The van der Waals surface area contributed by atoms with Crippen LogP contribution in [0.1, 0.15) is 15.4 Å². The van der Waals surface area contributed by atoms with Gasteiger partial charge in [0.05, 0.1) is 13.7 Å². The van der Waals surface area contributed by atoms with Crippen LogP contribution in [0.4, 0.5) is 0 Å². The van der Waals surface area contributed by atoms with E-state index in [1.807, 2.05) is 37.4 Å². The summed E-state index contributed by atoms with van der Waals surface area (Å²) in [4.78, 5) is 23.2. The summed E-state index contributed by atoms with van der Waals surface area (Å²) in [6, 6.07) is 7.98. The van der Waals surface area contributed by atoms with Crippen molar-refractivity contribution < 1.29 is 9.53 Å². The molecule has 9 heteroatoms. The zero-order valence-corrected chi connectivity index (χ0v) is 19.8. The highest BCUT2D eigenvalue weighted by Gasteiger charge is 2.06. The van der Waals surface area contributed by atoms with Gasteiger partial charge >= 0.3 is 0 Å². The molecule has 0 radical (unpaired) electrons. The average molecular weight is 517 g/mol. The van der Waals surface area contributed by atoms with E-state index in [4.69, 9.17) is 4.74 Å². The zero-order chi connectivity index (χ0) is 19.6. The third-order valence-electron chi connectivity index (χ3n) is 3.81. The first-order valence-corrected chi connectivity index (χ1v) is 9.56. The van der Waals surface area contributed by atoms with Crippen molar-refractivity contribution in [2.45, 2.75) is 19.9 Å². The van der Waals surface area contributed by atoms with E-state index in [2.05, 4.69) is 20.6 Å². The summed E-state index contributed by atoms with van der Waals surface area (Å²) in [6.45, 7) is 3.40. The fourth-order valence-electron chi connectivity index (χ4n) is 2.22. The Morgan fingerprint density at radius 3 is 2.54 bits per heavy atom. The second kappa shape index (κ2) is 12.6. The number of carbonyl (C=O) groups is 1. The number of ether oxygens (including phenoxy) is 1. The molecule has 0 atom stereocenters. The highest BCUT2D eigenvalue weighted by atomic mass is 127. The lowest BCUT2D eigenvalue weighted by Crippen LogP contribution is -2.39. The summed E-state index contributed by atoms with van der Waals surface area (Å²) in [5, 5.41) is 7.51. The SMILES string of the molecule is COc1ccc(CCNC(=NCC(=O)N(C)C)NCc2ncc(C)s2)cc1.I. The van der Waals surface area contributed by atoms with Crippen LogP contribution in [0.25, 0.3) is 0 Å². The highest BCUT2D eigenvalue weighted by Crippen LogP contribution is 2.11. The number of halogens is 1. The molecule has 1 amide bonds.